The summed E-state index contributed by atoms with van der Waals surface area (Å²) in [5, 5.41) is 8.26. The number of hydrogen-bond donors (Lipinski definition) is 1. The molecule has 7 nitrogen and oxygen atoms in total. The summed E-state index contributed by atoms with van der Waals surface area (Å²) < 4.78 is 11.5. The zero-order valence-electron chi connectivity index (χ0n) is 16.3. The molecule has 2 aromatic carbocycles. The zero-order chi connectivity index (χ0) is 20.6. The van der Waals surface area contributed by atoms with Crippen molar-refractivity contribution in [1.82, 2.24) is 10.3 Å². The van der Waals surface area contributed by atoms with E-state index in [1.807, 2.05) is 54.6 Å². The normalized spacial score (nSPS) is 15.6. The average molecular weight is 413 g/mol. The Labute approximate surface area is 174 Å². The number of thioether (sulfide) groups is 1. The third-order valence-electron chi connectivity index (χ3n) is 3.96. The molecular weight excluding hydrogens is 390 g/mol. The highest BCUT2D eigenvalue weighted by molar-refractivity contribution is 8.14. The van der Waals surface area contributed by atoms with Gasteiger partial charge in [0.2, 0.25) is 11.8 Å². The minimum absolute atomic E-state index is 0.202. The van der Waals surface area contributed by atoms with Crippen LogP contribution < -0.4 is 14.8 Å². The first-order chi connectivity index (χ1) is 14.0. The maximum atomic E-state index is 12.0. The van der Waals surface area contributed by atoms with Crippen molar-refractivity contribution in [2.45, 2.75) is 25.6 Å². The van der Waals surface area contributed by atoms with Gasteiger partial charge >= 0.3 is 0 Å². The van der Waals surface area contributed by atoms with E-state index in [1.54, 1.807) is 0 Å². The molecule has 0 bridgehead atoms. The molecule has 0 saturated carbocycles. The first-order valence-corrected chi connectivity index (χ1v) is 10.1. The van der Waals surface area contributed by atoms with Crippen LogP contribution in [0.25, 0.3) is 0 Å². The second kappa shape index (κ2) is 9.97. The van der Waals surface area contributed by atoms with Crippen LogP contribution in [0.15, 0.2) is 59.7 Å². The Bertz CT molecular complexity index is 889. The monoisotopic (exact) mass is 413 g/mol. The quantitative estimate of drug-likeness (QED) is 0.703. The lowest BCUT2D eigenvalue weighted by atomic mass is 10.2. The topological polar surface area (TPSA) is 80.2 Å². The average Bonchev–Trinajstić information content (AvgIpc) is 3.12. The summed E-state index contributed by atoms with van der Waals surface area (Å²) >= 11 is 1.31. The Morgan fingerprint density at radius 2 is 1.72 bits per heavy atom. The molecule has 2 aromatic rings. The summed E-state index contributed by atoms with van der Waals surface area (Å²) in [5.74, 6) is 1.12. The number of nitrogens with one attached hydrogen (secondary N) is 1. The van der Waals surface area contributed by atoms with E-state index in [2.05, 4.69) is 10.4 Å². The molecule has 1 N–H and O–H groups in total. The van der Waals surface area contributed by atoms with Gasteiger partial charge in [-0.25, -0.2) is 5.01 Å². The predicted molar refractivity (Wildman–Crippen MR) is 113 cm³/mol. The van der Waals surface area contributed by atoms with E-state index in [0.717, 1.165) is 17.7 Å². The van der Waals surface area contributed by atoms with Crippen molar-refractivity contribution < 1.29 is 19.1 Å². The summed E-state index contributed by atoms with van der Waals surface area (Å²) in [6, 6.07) is 17.2. The molecule has 1 atom stereocenters. The Balaban J connectivity index is 1.54. The maximum absolute atomic E-state index is 12.0. The van der Waals surface area contributed by atoms with Crippen molar-refractivity contribution >= 4 is 28.7 Å². The second-order valence-corrected chi connectivity index (χ2v) is 7.43. The summed E-state index contributed by atoms with van der Waals surface area (Å²) in [6.45, 7) is 3.93. The molecule has 0 radical (unpaired) electrons. The van der Waals surface area contributed by atoms with Crippen LogP contribution >= 0.6 is 11.8 Å². The van der Waals surface area contributed by atoms with Crippen LogP contribution in [-0.4, -0.2) is 35.2 Å². The van der Waals surface area contributed by atoms with Crippen LogP contribution in [0, 0.1) is 0 Å². The molecule has 29 heavy (non-hydrogen) atoms. The number of carbonyl (C=O) groups is 2. The van der Waals surface area contributed by atoms with Crippen molar-refractivity contribution in [2.24, 2.45) is 5.10 Å². The van der Waals surface area contributed by atoms with Gasteiger partial charge in [-0.3, -0.25) is 9.59 Å². The van der Waals surface area contributed by atoms with Crippen molar-refractivity contribution in [1.29, 1.82) is 0 Å². The van der Waals surface area contributed by atoms with Crippen LogP contribution in [0.2, 0.25) is 0 Å². The number of para-hydroxylation sites is 1. The third-order valence-corrected chi connectivity index (χ3v) is 5.06. The molecule has 152 valence electrons. The van der Waals surface area contributed by atoms with Gasteiger partial charge < -0.3 is 14.8 Å². The Morgan fingerprint density at radius 3 is 2.41 bits per heavy atom. The highest BCUT2D eigenvalue weighted by Gasteiger charge is 2.32. The van der Waals surface area contributed by atoms with Gasteiger partial charge in [-0.15, -0.1) is 5.10 Å². The van der Waals surface area contributed by atoms with Gasteiger partial charge in [0.1, 0.15) is 16.9 Å². The molecule has 2 amide bonds. The van der Waals surface area contributed by atoms with E-state index >= 15 is 0 Å². The number of rotatable bonds is 7. The summed E-state index contributed by atoms with van der Waals surface area (Å²) in [6.07, 6.45) is 0.743. The van der Waals surface area contributed by atoms with Gasteiger partial charge in [-0.1, -0.05) is 42.1 Å². The lowest BCUT2D eigenvalue weighted by Crippen LogP contribution is -2.25. The third kappa shape index (κ3) is 5.99. The number of nitrogens with zero attached hydrogens (tertiary/aromatic N) is 2. The fraction of sp³-hybridized carbons (Fsp3) is 0.286. The van der Waals surface area contributed by atoms with E-state index in [4.69, 9.17) is 9.47 Å². The molecule has 0 unspecified atom stereocenters. The number of amidine groups is 1. The number of hydrazone groups is 1. The van der Waals surface area contributed by atoms with E-state index in [1.165, 1.54) is 30.6 Å². The van der Waals surface area contributed by atoms with Crippen LogP contribution in [0.5, 0.6) is 11.5 Å². The molecule has 1 aliphatic rings. The Kier molecular flexibility index (Phi) is 7.13. The highest BCUT2D eigenvalue weighted by Crippen LogP contribution is 2.39. The number of ether oxygens (including phenoxy) is 2. The van der Waals surface area contributed by atoms with E-state index in [9.17, 15) is 9.59 Å². The van der Waals surface area contributed by atoms with Gasteiger partial charge in [0.15, 0.2) is 5.17 Å². The van der Waals surface area contributed by atoms with E-state index in [0.29, 0.717) is 24.1 Å². The molecule has 0 aromatic heterocycles. The number of carbonyl (C=O) groups excluding carboxylic acids is 2. The Hall–Kier alpha value is -3.00. The number of hydrogen-bond acceptors (Lipinski definition) is 6. The first kappa shape index (κ1) is 20.7. The van der Waals surface area contributed by atoms with Gasteiger partial charge in [-0.2, -0.15) is 0 Å². The number of amides is 2. The SMILES string of the molecule is CC(=O)NC1=NN(C(C)=O)[C@@H](c2cccc(OCCCOc3ccccc3)c2)S1. The van der Waals surface area contributed by atoms with Crippen molar-refractivity contribution in [3.8, 4) is 11.5 Å². The highest BCUT2D eigenvalue weighted by atomic mass is 32.2. The molecular formula is C21H23N3O4S. The molecule has 8 heteroatoms. The standard InChI is InChI=1S/C21H23N3O4S/c1-15(25)22-21-23-24(16(2)26)20(29-21)17-8-6-11-19(14-17)28-13-7-12-27-18-9-4-3-5-10-18/h3-6,8-11,14,20H,7,12-13H2,1-2H3,(H,22,23,25)/t20-/m1/s1. The van der Waals surface area contributed by atoms with Gasteiger partial charge in [0.05, 0.1) is 13.2 Å². The molecule has 1 aliphatic heterocycles. The fourth-order valence-electron chi connectivity index (χ4n) is 2.69. The molecule has 0 saturated heterocycles. The maximum Gasteiger partial charge on any atom is 0.241 e. The van der Waals surface area contributed by atoms with Crippen molar-refractivity contribution in [2.75, 3.05) is 13.2 Å². The first-order valence-electron chi connectivity index (χ1n) is 9.26. The van der Waals surface area contributed by atoms with Crippen LogP contribution in [0.3, 0.4) is 0 Å². The van der Waals surface area contributed by atoms with Gasteiger partial charge in [0.25, 0.3) is 0 Å². The predicted octanol–water partition coefficient (Wildman–Crippen LogP) is 3.54. The van der Waals surface area contributed by atoms with Crippen LogP contribution in [0.4, 0.5) is 0 Å². The van der Waals surface area contributed by atoms with Crippen LogP contribution in [-0.2, 0) is 9.59 Å². The summed E-state index contributed by atoms with van der Waals surface area (Å²) in [7, 11) is 0. The molecule has 0 spiro atoms. The Morgan fingerprint density at radius 1 is 1.03 bits per heavy atom. The van der Waals surface area contributed by atoms with E-state index in [-0.39, 0.29) is 17.2 Å². The van der Waals surface area contributed by atoms with Crippen LogP contribution in [0.1, 0.15) is 31.2 Å². The molecule has 0 fully saturated rings. The molecule has 0 aliphatic carbocycles. The number of benzene rings is 2. The van der Waals surface area contributed by atoms with E-state index < -0.39 is 0 Å². The largest absolute Gasteiger partial charge is 0.493 e. The smallest absolute Gasteiger partial charge is 0.241 e. The minimum atomic E-state index is -0.348. The lowest BCUT2D eigenvalue weighted by Gasteiger charge is -2.19. The second-order valence-electron chi connectivity index (χ2n) is 6.36. The van der Waals surface area contributed by atoms with Crippen molar-refractivity contribution in [3.05, 3.63) is 60.2 Å². The molecule has 3 rings (SSSR count). The lowest BCUT2D eigenvalue weighted by molar-refractivity contribution is -0.129. The summed E-state index contributed by atoms with van der Waals surface area (Å²) in [4.78, 5) is 23.3. The van der Waals surface area contributed by atoms with Gasteiger partial charge in [0, 0.05) is 20.3 Å². The zero-order valence-corrected chi connectivity index (χ0v) is 17.1. The van der Waals surface area contributed by atoms with Gasteiger partial charge in [-0.05, 0) is 29.8 Å². The minimum Gasteiger partial charge on any atom is -0.493 e. The summed E-state index contributed by atoms with van der Waals surface area (Å²) in [5.41, 5.74) is 0.868. The van der Waals surface area contributed by atoms with Crippen molar-refractivity contribution in [3.63, 3.8) is 0 Å². The fourth-order valence-corrected chi connectivity index (χ4v) is 3.82. The molecule has 1 heterocycles.